The fraction of sp³-hybridized carbons (Fsp3) is 0.357. The molecule has 2 rings (SSSR count). The van der Waals surface area contributed by atoms with Crippen molar-refractivity contribution < 1.29 is 19.5 Å². The Kier molecular flexibility index (Phi) is 4.11. The highest BCUT2D eigenvalue weighted by atomic mass is 16.4. The summed E-state index contributed by atoms with van der Waals surface area (Å²) in [4.78, 5) is 33.3. The second kappa shape index (κ2) is 5.82. The van der Waals surface area contributed by atoms with Gasteiger partial charge in [-0.25, -0.2) is 4.79 Å². The number of carboxylic acids is 1. The van der Waals surface area contributed by atoms with E-state index in [1.165, 1.54) is 0 Å². The molecule has 7 nitrogen and oxygen atoms in total. The molecule has 1 aromatic carbocycles. The van der Waals surface area contributed by atoms with Crippen molar-refractivity contribution in [2.24, 2.45) is 5.73 Å². The van der Waals surface area contributed by atoms with Gasteiger partial charge in [-0.05, 0) is 30.5 Å². The van der Waals surface area contributed by atoms with E-state index in [1.54, 1.807) is 24.3 Å². The minimum absolute atomic E-state index is 0.0769. The van der Waals surface area contributed by atoms with Crippen LogP contribution in [0, 0.1) is 0 Å². The third-order valence-electron chi connectivity index (χ3n) is 3.51. The van der Waals surface area contributed by atoms with Crippen LogP contribution in [0.3, 0.4) is 0 Å². The number of hydrogen-bond donors (Lipinski definition) is 4. The van der Waals surface area contributed by atoms with Crippen LogP contribution in [0.2, 0.25) is 0 Å². The van der Waals surface area contributed by atoms with Gasteiger partial charge in [0.1, 0.15) is 0 Å². The molecule has 0 radical (unpaired) electrons. The fourth-order valence-corrected chi connectivity index (χ4v) is 2.10. The Balaban J connectivity index is 1.89. The van der Waals surface area contributed by atoms with Crippen LogP contribution in [0.25, 0.3) is 0 Å². The molecule has 112 valence electrons. The first-order chi connectivity index (χ1) is 9.94. The lowest BCUT2D eigenvalue weighted by Gasteiger charge is -2.11. The largest absolute Gasteiger partial charge is 0.481 e. The monoisotopic (exact) mass is 291 g/mol. The highest BCUT2D eigenvalue weighted by Crippen LogP contribution is 2.48. The SMILES string of the molecule is NC(=O)CCNC(=O)Nc1ccc(C2(C(=O)O)CC2)cc1. The molecule has 1 fully saturated rings. The Labute approximate surface area is 121 Å². The molecule has 1 aliphatic rings. The topological polar surface area (TPSA) is 122 Å². The maximum absolute atomic E-state index is 11.5. The van der Waals surface area contributed by atoms with Crippen LogP contribution in [-0.2, 0) is 15.0 Å². The van der Waals surface area contributed by atoms with Crippen LogP contribution in [0.15, 0.2) is 24.3 Å². The minimum Gasteiger partial charge on any atom is -0.481 e. The van der Waals surface area contributed by atoms with Crippen molar-refractivity contribution in [1.82, 2.24) is 5.32 Å². The lowest BCUT2D eigenvalue weighted by molar-refractivity contribution is -0.140. The molecular formula is C14H17N3O4. The highest BCUT2D eigenvalue weighted by Gasteiger charge is 2.51. The number of aliphatic carboxylic acids is 1. The third kappa shape index (κ3) is 3.50. The molecule has 0 spiro atoms. The molecular weight excluding hydrogens is 274 g/mol. The molecule has 3 amide bonds. The molecule has 0 atom stereocenters. The number of hydrogen-bond acceptors (Lipinski definition) is 3. The number of nitrogens with one attached hydrogen (secondary N) is 2. The van der Waals surface area contributed by atoms with E-state index in [-0.39, 0.29) is 13.0 Å². The zero-order chi connectivity index (χ0) is 15.5. The molecule has 0 unspecified atom stereocenters. The molecule has 0 bridgehead atoms. The molecule has 1 saturated carbocycles. The van der Waals surface area contributed by atoms with Crippen molar-refractivity contribution in [3.05, 3.63) is 29.8 Å². The predicted molar refractivity (Wildman–Crippen MR) is 75.8 cm³/mol. The Bertz CT molecular complexity index is 564. The number of anilines is 1. The number of carbonyl (C=O) groups is 3. The van der Waals surface area contributed by atoms with Gasteiger partial charge in [0.2, 0.25) is 5.91 Å². The summed E-state index contributed by atoms with van der Waals surface area (Å²) >= 11 is 0. The van der Waals surface area contributed by atoms with E-state index in [0.29, 0.717) is 18.5 Å². The number of carbonyl (C=O) groups excluding carboxylic acids is 2. The average molecular weight is 291 g/mol. The van der Waals surface area contributed by atoms with Crippen molar-refractivity contribution in [3.63, 3.8) is 0 Å². The summed E-state index contributed by atoms with van der Waals surface area (Å²) in [6.45, 7) is 0.168. The number of benzene rings is 1. The Morgan fingerprint density at radius 3 is 2.29 bits per heavy atom. The fourth-order valence-electron chi connectivity index (χ4n) is 2.10. The molecule has 7 heteroatoms. The average Bonchev–Trinajstić information content (AvgIpc) is 3.20. The molecule has 1 aromatic rings. The Hall–Kier alpha value is -2.57. The lowest BCUT2D eigenvalue weighted by atomic mass is 9.96. The summed E-state index contributed by atoms with van der Waals surface area (Å²) in [6, 6.07) is 6.29. The van der Waals surface area contributed by atoms with Gasteiger partial charge in [0, 0.05) is 18.7 Å². The van der Waals surface area contributed by atoms with Crippen LogP contribution in [0.1, 0.15) is 24.8 Å². The van der Waals surface area contributed by atoms with Crippen LogP contribution in [-0.4, -0.2) is 29.6 Å². The summed E-state index contributed by atoms with van der Waals surface area (Å²) in [5.41, 5.74) is 5.51. The van der Waals surface area contributed by atoms with Crippen LogP contribution >= 0.6 is 0 Å². The van der Waals surface area contributed by atoms with Gasteiger partial charge < -0.3 is 21.5 Å². The molecule has 21 heavy (non-hydrogen) atoms. The first kappa shape index (κ1) is 14.8. The molecule has 1 aliphatic carbocycles. The van der Waals surface area contributed by atoms with Crippen LogP contribution in [0.4, 0.5) is 10.5 Å². The number of amides is 3. The lowest BCUT2D eigenvalue weighted by Crippen LogP contribution is -2.31. The van der Waals surface area contributed by atoms with Gasteiger partial charge in [0.25, 0.3) is 0 Å². The smallest absolute Gasteiger partial charge is 0.319 e. The van der Waals surface area contributed by atoms with E-state index in [9.17, 15) is 19.5 Å². The molecule has 0 aliphatic heterocycles. The highest BCUT2D eigenvalue weighted by molar-refractivity contribution is 5.90. The van der Waals surface area contributed by atoms with Crippen LogP contribution < -0.4 is 16.4 Å². The van der Waals surface area contributed by atoms with Gasteiger partial charge in [0.15, 0.2) is 0 Å². The van der Waals surface area contributed by atoms with Crippen molar-refractivity contribution in [1.29, 1.82) is 0 Å². The molecule has 0 aromatic heterocycles. The number of primary amides is 1. The van der Waals surface area contributed by atoms with E-state index in [1.807, 2.05) is 0 Å². The zero-order valence-corrected chi connectivity index (χ0v) is 11.4. The summed E-state index contributed by atoms with van der Waals surface area (Å²) in [5, 5.41) is 14.3. The number of carboxylic acid groups (broad SMARTS) is 1. The van der Waals surface area contributed by atoms with Crippen molar-refractivity contribution >= 4 is 23.6 Å². The third-order valence-corrected chi connectivity index (χ3v) is 3.51. The molecule has 5 N–H and O–H groups in total. The van der Waals surface area contributed by atoms with E-state index in [4.69, 9.17) is 5.73 Å². The van der Waals surface area contributed by atoms with E-state index >= 15 is 0 Å². The first-order valence-electron chi connectivity index (χ1n) is 6.61. The van der Waals surface area contributed by atoms with Crippen LogP contribution in [0.5, 0.6) is 0 Å². The maximum atomic E-state index is 11.5. The van der Waals surface area contributed by atoms with E-state index in [2.05, 4.69) is 10.6 Å². The van der Waals surface area contributed by atoms with E-state index < -0.39 is 23.3 Å². The number of urea groups is 1. The van der Waals surface area contributed by atoms with Gasteiger partial charge in [-0.3, -0.25) is 9.59 Å². The Morgan fingerprint density at radius 2 is 1.81 bits per heavy atom. The molecule has 0 saturated heterocycles. The number of rotatable bonds is 6. The normalized spacial score (nSPS) is 15.0. The van der Waals surface area contributed by atoms with E-state index in [0.717, 1.165) is 5.56 Å². The van der Waals surface area contributed by atoms with Crippen molar-refractivity contribution in [2.45, 2.75) is 24.7 Å². The number of nitrogens with two attached hydrogens (primary N) is 1. The molecule has 0 heterocycles. The zero-order valence-electron chi connectivity index (χ0n) is 11.4. The summed E-state index contributed by atoms with van der Waals surface area (Å²) < 4.78 is 0. The second-order valence-electron chi connectivity index (χ2n) is 5.06. The predicted octanol–water partition coefficient (Wildman–Crippen LogP) is 0.800. The summed E-state index contributed by atoms with van der Waals surface area (Å²) in [6.07, 6.45) is 1.36. The quantitative estimate of drug-likeness (QED) is 0.619. The minimum atomic E-state index is -0.813. The standard InChI is InChI=1S/C14H17N3O4/c15-11(18)5-8-16-13(21)17-10-3-1-9(2-4-10)14(6-7-14)12(19)20/h1-4H,5-8H2,(H2,15,18)(H,19,20)(H2,16,17,21). The maximum Gasteiger partial charge on any atom is 0.319 e. The summed E-state index contributed by atoms with van der Waals surface area (Å²) in [5.74, 6) is -1.30. The van der Waals surface area contributed by atoms with Gasteiger partial charge in [-0.15, -0.1) is 0 Å². The first-order valence-corrected chi connectivity index (χ1v) is 6.61. The Morgan fingerprint density at radius 1 is 1.19 bits per heavy atom. The van der Waals surface area contributed by atoms with Gasteiger partial charge in [0.05, 0.1) is 5.41 Å². The second-order valence-corrected chi connectivity index (χ2v) is 5.06. The van der Waals surface area contributed by atoms with Crippen molar-refractivity contribution in [3.8, 4) is 0 Å². The van der Waals surface area contributed by atoms with Gasteiger partial charge in [-0.1, -0.05) is 12.1 Å². The summed E-state index contributed by atoms with van der Waals surface area (Å²) in [7, 11) is 0. The van der Waals surface area contributed by atoms with Gasteiger partial charge >= 0.3 is 12.0 Å². The van der Waals surface area contributed by atoms with Crippen molar-refractivity contribution in [2.75, 3.05) is 11.9 Å². The van der Waals surface area contributed by atoms with Gasteiger partial charge in [-0.2, -0.15) is 0 Å².